The first-order valence-electron chi connectivity index (χ1n) is 12.7. The van der Waals surface area contributed by atoms with E-state index in [4.69, 9.17) is 14.2 Å². The van der Waals surface area contributed by atoms with Gasteiger partial charge in [-0.15, -0.1) is 0 Å². The Balaban J connectivity index is 1.50. The maximum atomic E-state index is 13.3. The normalized spacial score (nSPS) is 14.3. The Labute approximate surface area is 249 Å². The molecule has 40 heavy (non-hydrogen) atoms. The van der Waals surface area contributed by atoms with E-state index in [0.717, 1.165) is 21.4 Å². The maximum Gasteiger partial charge on any atom is 0.331 e. The summed E-state index contributed by atoms with van der Waals surface area (Å²) < 4.78 is 19.0. The van der Waals surface area contributed by atoms with Crippen LogP contribution in [0.1, 0.15) is 37.0 Å². The van der Waals surface area contributed by atoms with Crippen molar-refractivity contribution in [2.75, 3.05) is 13.2 Å². The summed E-state index contributed by atoms with van der Waals surface area (Å²) in [6.45, 7) is 5.17. The fourth-order valence-electron chi connectivity index (χ4n) is 3.90. The van der Waals surface area contributed by atoms with E-state index in [-0.39, 0.29) is 12.1 Å². The summed E-state index contributed by atoms with van der Waals surface area (Å²) in [6.07, 6.45) is 2.30. The third kappa shape index (κ3) is 7.31. The van der Waals surface area contributed by atoms with Crippen LogP contribution in [0.15, 0.2) is 75.2 Å². The molecule has 1 aliphatic rings. The summed E-state index contributed by atoms with van der Waals surface area (Å²) in [6, 6.07) is 17.5. The van der Waals surface area contributed by atoms with E-state index in [9.17, 15) is 14.4 Å². The van der Waals surface area contributed by atoms with Crippen LogP contribution in [0.5, 0.6) is 17.2 Å². The zero-order valence-electron chi connectivity index (χ0n) is 22.0. The van der Waals surface area contributed by atoms with E-state index in [1.807, 2.05) is 38.1 Å². The highest BCUT2D eigenvalue weighted by atomic mass is 79.9. The quantitative estimate of drug-likeness (QED) is 0.182. The molecular formula is C30H28Br2N2O6. The van der Waals surface area contributed by atoms with Gasteiger partial charge in [-0.25, -0.2) is 4.79 Å². The SMILES string of the molecule is CCCOc1ccc(CN2C(=O)NC(=O)/C(=C\c3ccc(OCc4ccc(Br)cc4)c(Br)c3)C2=O)cc1OCC. The summed E-state index contributed by atoms with van der Waals surface area (Å²) in [5, 5.41) is 2.26. The van der Waals surface area contributed by atoms with Crippen LogP contribution >= 0.6 is 31.9 Å². The highest BCUT2D eigenvalue weighted by molar-refractivity contribution is 9.10. The lowest BCUT2D eigenvalue weighted by Crippen LogP contribution is -2.53. The fraction of sp³-hybridized carbons (Fsp3) is 0.233. The van der Waals surface area contributed by atoms with Gasteiger partial charge in [0.15, 0.2) is 11.5 Å². The number of carbonyl (C=O) groups excluding carboxylic acids is 3. The van der Waals surface area contributed by atoms with Crippen molar-refractivity contribution >= 4 is 55.8 Å². The topological polar surface area (TPSA) is 94.2 Å². The summed E-state index contributed by atoms with van der Waals surface area (Å²) >= 11 is 6.91. The molecule has 1 saturated heterocycles. The number of barbiturate groups is 1. The summed E-state index contributed by atoms with van der Waals surface area (Å²) in [5.74, 6) is 0.281. The van der Waals surface area contributed by atoms with Crippen molar-refractivity contribution in [1.29, 1.82) is 0 Å². The molecule has 1 aliphatic heterocycles. The van der Waals surface area contributed by atoms with Crippen molar-refractivity contribution in [2.24, 2.45) is 0 Å². The molecule has 0 spiro atoms. The molecule has 0 aromatic heterocycles. The number of nitrogens with one attached hydrogen (secondary N) is 1. The Morgan fingerprint density at radius 2 is 1.55 bits per heavy atom. The van der Waals surface area contributed by atoms with Crippen LogP contribution in [0.2, 0.25) is 0 Å². The van der Waals surface area contributed by atoms with E-state index in [1.54, 1.807) is 36.4 Å². The number of rotatable bonds is 11. The fourth-order valence-corrected chi connectivity index (χ4v) is 4.68. The van der Waals surface area contributed by atoms with Gasteiger partial charge in [0.25, 0.3) is 11.8 Å². The number of nitrogens with zero attached hydrogens (tertiary/aromatic N) is 1. The first-order valence-corrected chi connectivity index (χ1v) is 14.3. The zero-order chi connectivity index (χ0) is 28.6. The van der Waals surface area contributed by atoms with Crippen LogP contribution in [0.25, 0.3) is 6.08 Å². The molecular weight excluding hydrogens is 644 g/mol. The second-order valence-electron chi connectivity index (χ2n) is 8.88. The number of urea groups is 1. The van der Waals surface area contributed by atoms with Gasteiger partial charge < -0.3 is 14.2 Å². The Hall–Kier alpha value is -3.63. The molecule has 0 aliphatic carbocycles. The third-order valence-electron chi connectivity index (χ3n) is 5.87. The Bertz CT molecular complexity index is 1440. The molecule has 8 nitrogen and oxygen atoms in total. The average Bonchev–Trinajstić information content (AvgIpc) is 2.93. The van der Waals surface area contributed by atoms with Gasteiger partial charge in [-0.1, -0.05) is 47.1 Å². The molecule has 4 amide bonds. The zero-order valence-corrected chi connectivity index (χ0v) is 25.2. The van der Waals surface area contributed by atoms with Crippen LogP contribution < -0.4 is 19.5 Å². The van der Waals surface area contributed by atoms with Gasteiger partial charge in [-0.3, -0.25) is 19.8 Å². The lowest BCUT2D eigenvalue weighted by atomic mass is 10.1. The lowest BCUT2D eigenvalue weighted by molar-refractivity contribution is -0.130. The molecule has 10 heteroatoms. The number of imide groups is 2. The van der Waals surface area contributed by atoms with E-state index >= 15 is 0 Å². The standard InChI is InChI=1S/C30H28Br2N2O6/c1-3-13-39-26-12-8-21(16-27(26)38-4-2)17-34-29(36)23(28(35)33-30(34)37)14-20-7-11-25(24(32)15-20)40-18-19-5-9-22(31)10-6-19/h5-12,14-16H,3-4,13,17-18H2,1-2H3,(H,33,35,37)/b23-14+. The average molecular weight is 672 g/mol. The van der Waals surface area contributed by atoms with E-state index in [1.165, 1.54) is 6.08 Å². The number of ether oxygens (including phenoxy) is 3. The van der Waals surface area contributed by atoms with Crippen molar-refractivity contribution in [1.82, 2.24) is 10.2 Å². The Morgan fingerprint density at radius 1 is 0.825 bits per heavy atom. The van der Waals surface area contributed by atoms with Crippen LogP contribution in [0.3, 0.4) is 0 Å². The minimum Gasteiger partial charge on any atom is -0.490 e. The number of carbonyl (C=O) groups is 3. The monoisotopic (exact) mass is 670 g/mol. The van der Waals surface area contributed by atoms with Gasteiger partial charge in [-0.2, -0.15) is 0 Å². The van der Waals surface area contributed by atoms with Crippen molar-refractivity contribution in [2.45, 2.75) is 33.4 Å². The lowest BCUT2D eigenvalue weighted by Gasteiger charge is -2.26. The molecule has 1 heterocycles. The summed E-state index contributed by atoms with van der Waals surface area (Å²) in [5.41, 5.74) is 2.10. The molecule has 0 saturated carbocycles. The van der Waals surface area contributed by atoms with Gasteiger partial charge >= 0.3 is 6.03 Å². The maximum absolute atomic E-state index is 13.3. The molecule has 0 unspecified atom stereocenters. The summed E-state index contributed by atoms with van der Waals surface area (Å²) in [4.78, 5) is 39.5. The van der Waals surface area contributed by atoms with Crippen LogP contribution in [-0.2, 0) is 22.7 Å². The molecule has 1 fully saturated rings. The van der Waals surface area contributed by atoms with Gasteiger partial charge in [0.2, 0.25) is 0 Å². The van der Waals surface area contributed by atoms with Gasteiger partial charge in [0.1, 0.15) is 17.9 Å². The largest absolute Gasteiger partial charge is 0.490 e. The van der Waals surface area contributed by atoms with E-state index in [0.29, 0.717) is 52.7 Å². The highest BCUT2D eigenvalue weighted by Gasteiger charge is 2.35. The predicted molar refractivity (Wildman–Crippen MR) is 158 cm³/mol. The Kier molecular flexibility index (Phi) is 10.0. The third-order valence-corrected chi connectivity index (χ3v) is 7.02. The van der Waals surface area contributed by atoms with Gasteiger partial charge in [0.05, 0.1) is 24.2 Å². The molecule has 3 aromatic rings. The summed E-state index contributed by atoms with van der Waals surface area (Å²) in [7, 11) is 0. The Morgan fingerprint density at radius 3 is 2.25 bits per heavy atom. The van der Waals surface area contributed by atoms with Crippen molar-refractivity contribution in [3.05, 3.63) is 91.9 Å². The van der Waals surface area contributed by atoms with Crippen molar-refractivity contribution in [3.8, 4) is 17.2 Å². The minimum absolute atomic E-state index is 0.0457. The number of hydrogen-bond donors (Lipinski definition) is 1. The van der Waals surface area contributed by atoms with Crippen LogP contribution in [0.4, 0.5) is 4.79 Å². The number of amides is 4. The van der Waals surface area contributed by atoms with Crippen molar-refractivity contribution < 1.29 is 28.6 Å². The highest BCUT2D eigenvalue weighted by Crippen LogP contribution is 2.31. The molecule has 3 aromatic carbocycles. The first-order chi connectivity index (χ1) is 19.3. The second-order valence-corrected chi connectivity index (χ2v) is 10.6. The van der Waals surface area contributed by atoms with Gasteiger partial charge in [-0.05, 0) is 88.4 Å². The molecule has 1 N–H and O–H groups in total. The molecule has 4 rings (SSSR count). The van der Waals surface area contributed by atoms with Crippen LogP contribution in [0, 0.1) is 0 Å². The smallest absolute Gasteiger partial charge is 0.331 e. The number of benzene rings is 3. The number of hydrogen-bond acceptors (Lipinski definition) is 6. The van der Waals surface area contributed by atoms with Crippen LogP contribution in [-0.4, -0.2) is 36.0 Å². The molecule has 0 atom stereocenters. The van der Waals surface area contributed by atoms with Gasteiger partial charge in [0, 0.05) is 4.47 Å². The predicted octanol–water partition coefficient (Wildman–Crippen LogP) is 6.64. The van der Waals surface area contributed by atoms with E-state index in [2.05, 4.69) is 37.2 Å². The minimum atomic E-state index is -0.783. The molecule has 0 bridgehead atoms. The number of halogens is 2. The van der Waals surface area contributed by atoms with Crippen molar-refractivity contribution in [3.63, 3.8) is 0 Å². The first kappa shape index (κ1) is 29.4. The molecule has 208 valence electrons. The van der Waals surface area contributed by atoms with E-state index < -0.39 is 17.8 Å². The molecule has 0 radical (unpaired) electrons. The second kappa shape index (κ2) is 13.6.